The number of phosphoric ester groups is 1. The van der Waals surface area contributed by atoms with E-state index in [-0.39, 0.29) is 6.61 Å². The van der Waals surface area contributed by atoms with Crippen molar-refractivity contribution in [2.24, 2.45) is 0 Å². The van der Waals surface area contributed by atoms with E-state index in [9.17, 15) is 4.57 Å². The summed E-state index contributed by atoms with van der Waals surface area (Å²) in [5, 5.41) is 12.1. The molecular formula is C32H33N6O4PS. The summed E-state index contributed by atoms with van der Waals surface area (Å²) in [6, 6.07) is 23.4. The molecule has 10 nitrogen and oxygen atoms in total. The maximum absolute atomic E-state index is 13.5. The zero-order valence-electron chi connectivity index (χ0n) is 24.0. The molecule has 0 atom stereocenters. The van der Waals surface area contributed by atoms with Gasteiger partial charge in [-0.25, -0.2) is 14.5 Å². The average Bonchev–Trinajstić information content (AvgIpc) is 3.41. The van der Waals surface area contributed by atoms with Crippen molar-refractivity contribution in [1.29, 1.82) is 5.41 Å². The zero-order valence-corrected chi connectivity index (χ0v) is 25.7. The van der Waals surface area contributed by atoms with Gasteiger partial charge in [-0.1, -0.05) is 36.4 Å². The number of anilines is 3. The summed E-state index contributed by atoms with van der Waals surface area (Å²) >= 11 is 1.70. The van der Waals surface area contributed by atoms with Crippen molar-refractivity contribution < 1.29 is 18.1 Å². The predicted octanol–water partition coefficient (Wildman–Crippen LogP) is 7.44. The Morgan fingerprint density at radius 3 is 2.43 bits per heavy atom. The first-order chi connectivity index (χ1) is 21.5. The molecule has 0 amide bonds. The number of aromatic nitrogens is 2. The van der Waals surface area contributed by atoms with E-state index < -0.39 is 7.82 Å². The number of nitrogen functional groups attached to an aromatic ring is 1. The van der Waals surface area contributed by atoms with Crippen molar-refractivity contribution in [3.63, 3.8) is 0 Å². The van der Waals surface area contributed by atoms with Crippen LogP contribution in [0.3, 0.4) is 0 Å². The summed E-state index contributed by atoms with van der Waals surface area (Å²) in [6.45, 7) is 2.88. The van der Waals surface area contributed by atoms with Crippen molar-refractivity contribution in [3.8, 4) is 11.5 Å². The second-order valence-corrected chi connectivity index (χ2v) is 12.9. The molecule has 0 saturated heterocycles. The number of nitrogens with one attached hydrogen (secondary N) is 2. The molecule has 3 aromatic carbocycles. The van der Waals surface area contributed by atoms with Gasteiger partial charge in [-0.15, -0.1) is 11.3 Å². The summed E-state index contributed by atoms with van der Waals surface area (Å²) in [4.78, 5) is 13.8. The topological polar surface area (TPSA) is 136 Å². The van der Waals surface area contributed by atoms with Crippen molar-refractivity contribution in [1.82, 2.24) is 14.9 Å². The van der Waals surface area contributed by atoms with Crippen LogP contribution in [0.5, 0.6) is 11.5 Å². The Labute approximate surface area is 260 Å². The van der Waals surface area contributed by atoms with Crippen molar-refractivity contribution in [2.75, 3.05) is 30.7 Å². The van der Waals surface area contributed by atoms with Crippen LogP contribution in [-0.2, 0) is 22.1 Å². The quantitative estimate of drug-likeness (QED) is 0.0526. The minimum absolute atomic E-state index is 0.244. The van der Waals surface area contributed by atoms with E-state index in [0.717, 1.165) is 54.2 Å². The summed E-state index contributed by atoms with van der Waals surface area (Å²) in [5.41, 5.74) is 9.29. The molecule has 0 bridgehead atoms. The first kappa shape index (κ1) is 29.8. The second kappa shape index (κ2) is 13.6. The van der Waals surface area contributed by atoms with Crippen molar-refractivity contribution in [2.45, 2.75) is 25.8 Å². The van der Waals surface area contributed by atoms with Crippen molar-refractivity contribution >= 4 is 52.8 Å². The maximum atomic E-state index is 13.5. The number of phosphoric acid groups is 1. The van der Waals surface area contributed by atoms with Crippen molar-refractivity contribution in [3.05, 3.63) is 101 Å². The highest BCUT2D eigenvalue weighted by atomic mass is 32.1. The molecule has 0 unspecified atom stereocenters. The molecule has 6 rings (SSSR count). The molecule has 5 aromatic rings. The van der Waals surface area contributed by atoms with Gasteiger partial charge in [-0.2, -0.15) is 0 Å². The smallest absolute Gasteiger partial charge is 0.398 e. The molecule has 12 heteroatoms. The first-order valence-corrected chi connectivity index (χ1v) is 16.7. The lowest BCUT2D eigenvalue weighted by molar-refractivity contribution is 0.196. The number of hydrogen-bond acceptors (Lipinski definition) is 11. The molecule has 0 fully saturated rings. The van der Waals surface area contributed by atoms with Gasteiger partial charge in [0.1, 0.15) is 28.5 Å². The van der Waals surface area contributed by atoms with Gasteiger partial charge in [0, 0.05) is 41.1 Å². The molecule has 0 aliphatic carbocycles. The van der Waals surface area contributed by atoms with Crippen LogP contribution in [-0.4, -0.2) is 40.8 Å². The minimum Gasteiger partial charge on any atom is -0.398 e. The third-order valence-electron chi connectivity index (χ3n) is 7.26. The summed E-state index contributed by atoms with van der Waals surface area (Å²) in [6.07, 6.45) is 5.30. The monoisotopic (exact) mass is 628 g/mol. The summed E-state index contributed by atoms with van der Waals surface area (Å²) in [5.74, 6) is 1.61. The van der Waals surface area contributed by atoms with Gasteiger partial charge >= 0.3 is 7.82 Å². The Hall–Kier alpha value is -4.28. The van der Waals surface area contributed by atoms with E-state index >= 15 is 0 Å². The molecule has 0 saturated carbocycles. The van der Waals surface area contributed by atoms with E-state index in [1.165, 1.54) is 16.7 Å². The van der Waals surface area contributed by atoms with E-state index in [1.807, 2.05) is 24.3 Å². The van der Waals surface area contributed by atoms with Gasteiger partial charge in [-0.3, -0.25) is 9.42 Å². The fourth-order valence-corrected chi connectivity index (χ4v) is 7.57. The highest BCUT2D eigenvalue weighted by molar-refractivity contribution is 7.49. The number of fused-ring (bicyclic) bond motifs is 3. The van der Waals surface area contributed by atoms with Gasteiger partial charge in [0.15, 0.2) is 0 Å². The third-order valence-corrected chi connectivity index (χ3v) is 9.75. The van der Waals surface area contributed by atoms with E-state index in [2.05, 4.69) is 20.2 Å². The van der Waals surface area contributed by atoms with Crippen LogP contribution in [0.1, 0.15) is 28.8 Å². The van der Waals surface area contributed by atoms with Gasteiger partial charge in [0.05, 0.1) is 12.0 Å². The molecule has 226 valence electrons. The number of benzene rings is 3. The van der Waals surface area contributed by atoms with Crippen LogP contribution < -0.4 is 20.1 Å². The second-order valence-electron chi connectivity index (χ2n) is 10.3. The van der Waals surface area contributed by atoms with Crippen LogP contribution in [0.4, 0.5) is 17.2 Å². The van der Waals surface area contributed by atoms with Gasteiger partial charge < -0.3 is 25.5 Å². The molecular weight excluding hydrogens is 595 g/mol. The van der Waals surface area contributed by atoms with Gasteiger partial charge in [0.2, 0.25) is 0 Å². The standard InChI is InChI=1S/C32H33N6O4PS/c33-20-23-19-24(13-14-28(23)34)37-31-30-27-15-17-38(21-29(27)44-32(30)36-22-35-31)16-7-8-18-40-43(39,41-25-9-3-1-4-10-25)42-26-11-5-2-6-12-26/h1-6,9-14,19-20,22,33H,7-8,15-18,21,34H2,(H,35,36,37). The maximum Gasteiger partial charge on any atom is 0.587 e. The average molecular weight is 629 g/mol. The summed E-state index contributed by atoms with van der Waals surface area (Å²) in [7, 11) is -3.88. The largest absolute Gasteiger partial charge is 0.587 e. The molecule has 4 N–H and O–H groups in total. The Morgan fingerprint density at radius 2 is 1.73 bits per heavy atom. The highest BCUT2D eigenvalue weighted by Gasteiger charge is 2.31. The number of hydrogen-bond donors (Lipinski definition) is 3. The highest BCUT2D eigenvalue weighted by Crippen LogP contribution is 2.49. The molecule has 1 aliphatic heterocycles. The molecule has 3 heterocycles. The Balaban J connectivity index is 1.05. The molecule has 0 spiro atoms. The normalized spacial score (nSPS) is 13.4. The van der Waals surface area contributed by atoms with Crippen LogP contribution in [0, 0.1) is 5.41 Å². The lowest BCUT2D eigenvalue weighted by Crippen LogP contribution is -2.30. The SMILES string of the molecule is N=Cc1cc(Nc2ncnc3sc4c(c23)CCN(CCCCOP(=O)(Oc2ccccc2)Oc2ccccc2)C4)ccc1N. The Kier molecular flexibility index (Phi) is 9.18. The molecule has 0 radical (unpaired) electrons. The lowest BCUT2D eigenvalue weighted by Gasteiger charge is -2.27. The van der Waals surface area contributed by atoms with E-state index in [0.29, 0.717) is 29.2 Å². The predicted molar refractivity (Wildman–Crippen MR) is 175 cm³/mol. The Morgan fingerprint density at radius 1 is 1.00 bits per heavy atom. The number of para-hydroxylation sites is 2. The number of unbranched alkanes of at least 4 members (excludes halogenated alkanes) is 1. The molecule has 2 aromatic heterocycles. The fraction of sp³-hybridized carbons (Fsp3) is 0.219. The van der Waals surface area contributed by atoms with Crippen LogP contribution in [0.2, 0.25) is 0 Å². The van der Waals surface area contributed by atoms with Crippen LogP contribution >= 0.6 is 19.2 Å². The van der Waals surface area contributed by atoms with Gasteiger partial charge in [-0.05, 0) is 73.8 Å². The van der Waals surface area contributed by atoms with Gasteiger partial charge in [0.25, 0.3) is 0 Å². The fourth-order valence-electron chi connectivity index (χ4n) is 5.09. The first-order valence-electron chi connectivity index (χ1n) is 14.4. The van der Waals surface area contributed by atoms with Crippen LogP contribution in [0.25, 0.3) is 10.2 Å². The van der Waals surface area contributed by atoms with E-state index in [1.54, 1.807) is 72.3 Å². The summed E-state index contributed by atoms with van der Waals surface area (Å²) < 4.78 is 30.7. The Bertz CT molecular complexity index is 1740. The zero-order chi connectivity index (χ0) is 30.4. The lowest BCUT2D eigenvalue weighted by atomic mass is 10.0. The number of nitrogens with zero attached hydrogens (tertiary/aromatic N) is 3. The minimum atomic E-state index is -3.88. The number of thiophene rings is 1. The van der Waals surface area contributed by atoms with Crippen LogP contribution in [0.15, 0.2) is 85.2 Å². The third kappa shape index (κ3) is 7.09. The molecule has 1 aliphatic rings. The number of rotatable bonds is 13. The molecule has 44 heavy (non-hydrogen) atoms. The van der Waals surface area contributed by atoms with E-state index in [4.69, 9.17) is 24.7 Å². The number of nitrogens with two attached hydrogens (primary N) is 1.